The van der Waals surface area contributed by atoms with Crippen LogP contribution in [0.4, 0.5) is 10.5 Å². The third-order valence-electron chi connectivity index (χ3n) is 3.87. The molecule has 0 spiro atoms. The van der Waals surface area contributed by atoms with Crippen LogP contribution in [0.5, 0.6) is 0 Å². The van der Waals surface area contributed by atoms with Crippen molar-refractivity contribution in [3.8, 4) is 0 Å². The van der Waals surface area contributed by atoms with Gasteiger partial charge in [-0.3, -0.25) is 4.68 Å². The molecule has 0 radical (unpaired) electrons. The zero-order valence-electron chi connectivity index (χ0n) is 13.8. The van der Waals surface area contributed by atoms with Crippen molar-refractivity contribution < 1.29 is 9.53 Å². The Labute approximate surface area is 132 Å². The summed E-state index contributed by atoms with van der Waals surface area (Å²) in [4.78, 5) is 16.3. The lowest BCUT2D eigenvalue weighted by molar-refractivity contribution is 0.104. The predicted molar refractivity (Wildman–Crippen MR) is 86.0 cm³/mol. The summed E-state index contributed by atoms with van der Waals surface area (Å²) in [7, 11) is 5.76. The van der Waals surface area contributed by atoms with E-state index in [1.165, 1.54) is 0 Å². The lowest BCUT2D eigenvalue weighted by Crippen LogP contribution is -2.43. The largest absolute Gasteiger partial charge is 0.384 e. The Kier molecular flexibility index (Phi) is 6.21. The summed E-state index contributed by atoms with van der Waals surface area (Å²) in [6, 6.07) is -0.0482. The molecule has 7 nitrogen and oxygen atoms in total. The quantitative estimate of drug-likeness (QED) is 0.861. The van der Waals surface area contributed by atoms with E-state index in [-0.39, 0.29) is 6.03 Å². The molecule has 2 heterocycles. The third kappa shape index (κ3) is 4.99. The molecular formula is C15H27N5O2. The Morgan fingerprint density at radius 3 is 3.09 bits per heavy atom. The average Bonchev–Trinajstić information content (AvgIpc) is 2.93. The van der Waals surface area contributed by atoms with Crippen molar-refractivity contribution >= 4 is 11.7 Å². The van der Waals surface area contributed by atoms with E-state index in [1.807, 2.05) is 29.9 Å². The minimum absolute atomic E-state index is 0.0482. The number of urea groups is 1. The van der Waals surface area contributed by atoms with Crippen LogP contribution in [0.2, 0.25) is 0 Å². The number of ether oxygens (including phenoxy) is 1. The molecule has 0 aliphatic carbocycles. The summed E-state index contributed by atoms with van der Waals surface area (Å²) in [6.45, 7) is 4.00. The number of amides is 2. The van der Waals surface area contributed by atoms with Crippen molar-refractivity contribution in [2.24, 2.45) is 5.92 Å². The van der Waals surface area contributed by atoms with E-state index in [0.717, 1.165) is 44.7 Å². The maximum Gasteiger partial charge on any atom is 0.321 e. The number of hydrogen-bond donors (Lipinski definition) is 1. The van der Waals surface area contributed by atoms with Gasteiger partial charge in [0.1, 0.15) is 0 Å². The second-order valence-corrected chi connectivity index (χ2v) is 6.14. The molecule has 22 heavy (non-hydrogen) atoms. The van der Waals surface area contributed by atoms with Gasteiger partial charge >= 0.3 is 6.03 Å². The normalized spacial score (nSPS) is 18.7. The van der Waals surface area contributed by atoms with Crippen LogP contribution in [0.15, 0.2) is 12.4 Å². The molecule has 2 amide bonds. The number of piperidine rings is 1. The zero-order chi connectivity index (χ0) is 15.9. The highest BCUT2D eigenvalue weighted by Crippen LogP contribution is 2.17. The molecule has 1 aromatic heterocycles. The molecule has 2 rings (SSSR count). The SMILES string of the molecule is COCC1CCCN(C(=O)Nc2cnn(CCN(C)C)c2)C1. The van der Waals surface area contributed by atoms with E-state index in [0.29, 0.717) is 12.5 Å². The molecule has 1 aliphatic rings. The number of likely N-dealkylation sites (N-methyl/N-ethyl adjacent to an activating group) is 1. The Balaban J connectivity index is 1.83. The molecule has 1 fully saturated rings. The van der Waals surface area contributed by atoms with Crippen molar-refractivity contribution in [1.29, 1.82) is 0 Å². The van der Waals surface area contributed by atoms with Crippen molar-refractivity contribution in [2.45, 2.75) is 19.4 Å². The van der Waals surface area contributed by atoms with Crippen molar-refractivity contribution in [3.63, 3.8) is 0 Å². The van der Waals surface area contributed by atoms with Gasteiger partial charge in [-0.05, 0) is 26.9 Å². The molecule has 0 saturated carbocycles. The number of nitrogens with zero attached hydrogens (tertiary/aromatic N) is 4. The van der Waals surface area contributed by atoms with Gasteiger partial charge in [0.25, 0.3) is 0 Å². The summed E-state index contributed by atoms with van der Waals surface area (Å²) in [5.41, 5.74) is 0.748. The van der Waals surface area contributed by atoms with Gasteiger partial charge < -0.3 is 19.9 Å². The minimum atomic E-state index is -0.0482. The average molecular weight is 309 g/mol. The number of anilines is 1. The van der Waals surface area contributed by atoms with Crippen LogP contribution in [0.25, 0.3) is 0 Å². The molecule has 1 aliphatic heterocycles. The Morgan fingerprint density at radius 2 is 2.36 bits per heavy atom. The first-order valence-electron chi connectivity index (χ1n) is 7.80. The molecule has 0 bridgehead atoms. The van der Waals surface area contributed by atoms with Gasteiger partial charge in [0.15, 0.2) is 0 Å². The number of methoxy groups -OCH3 is 1. The maximum absolute atomic E-state index is 12.3. The highest BCUT2D eigenvalue weighted by atomic mass is 16.5. The Bertz CT molecular complexity index is 472. The van der Waals surface area contributed by atoms with Gasteiger partial charge in [-0.15, -0.1) is 0 Å². The number of carbonyl (C=O) groups is 1. The molecule has 1 aromatic rings. The van der Waals surface area contributed by atoms with E-state index in [2.05, 4.69) is 15.3 Å². The molecule has 124 valence electrons. The molecule has 0 aromatic carbocycles. The van der Waals surface area contributed by atoms with Crippen LogP contribution >= 0.6 is 0 Å². The second-order valence-electron chi connectivity index (χ2n) is 6.14. The van der Waals surface area contributed by atoms with Crippen LogP contribution in [0.1, 0.15) is 12.8 Å². The van der Waals surface area contributed by atoms with Gasteiger partial charge in [0.05, 0.1) is 25.0 Å². The minimum Gasteiger partial charge on any atom is -0.384 e. The first-order chi connectivity index (χ1) is 10.6. The predicted octanol–water partition coefficient (Wildman–Crippen LogP) is 1.33. The maximum atomic E-state index is 12.3. The molecule has 1 N–H and O–H groups in total. The Morgan fingerprint density at radius 1 is 1.55 bits per heavy atom. The first-order valence-corrected chi connectivity index (χ1v) is 7.80. The topological polar surface area (TPSA) is 62.6 Å². The van der Waals surface area contributed by atoms with Gasteiger partial charge in [0.2, 0.25) is 0 Å². The van der Waals surface area contributed by atoms with Crippen LogP contribution in [-0.2, 0) is 11.3 Å². The standard InChI is InChI=1S/C15H27N5O2/c1-18(2)7-8-20-11-14(9-16-20)17-15(21)19-6-4-5-13(10-19)12-22-3/h9,11,13H,4-8,10,12H2,1-3H3,(H,17,21). The number of aromatic nitrogens is 2. The smallest absolute Gasteiger partial charge is 0.321 e. The molecule has 1 saturated heterocycles. The summed E-state index contributed by atoms with van der Waals surface area (Å²) in [5.74, 6) is 0.437. The number of nitrogens with one attached hydrogen (secondary N) is 1. The van der Waals surface area contributed by atoms with E-state index in [4.69, 9.17) is 4.74 Å². The zero-order valence-corrected chi connectivity index (χ0v) is 13.8. The lowest BCUT2D eigenvalue weighted by Gasteiger charge is -2.32. The van der Waals surface area contributed by atoms with Crippen LogP contribution in [-0.4, -0.2) is 73.1 Å². The fraction of sp³-hybridized carbons (Fsp3) is 0.733. The van der Waals surface area contributed by atoms with Crippen LogP contribution in [0, 0.1) is 5.92 Å². The molecule has 1 atom stereocenters. The fourth-order valence-electron chi connectivity index (χ4n) is 2.68. The van der Waals surface area contributed by atoms with Crippen molar-refractivity contribution in [3.05, 3.63) is 12.4 Å². The summed E-state index contributed by atoms with van der Waals surface area (Å²) in [6.07, 6.45) is 5.73. The van der Waals surface area contributed by atoms with E-state index < -0.39 is 0 Å². The summed E-state index contributed by atoms with van der Waals surface area (Å²) >= 11 is 0. The molecule has 7 heteroatoms. The first kappa shape index (κ1) is 16.8. The second kappa shape index (κ2) is 8.14. The fourth-order valence-corrected chi connectivity index (χ4v) is 2.68. The number of rotatable bonds is 6. The summed E-state index contributed by atoms with van der Waals surface area (Å²) < 4.78 is 7.05. The van der Waals surface area contributed by atoms with Gasteiger partial charge in [-0.25, -0.2) is 4.79 Å². The monoisotopic (exact) mass is 309 g/mol. The van der Waals surface area contributed by atoms with Crippen molar-refractivity contribution in [2.75, 3.05) is 52.8 Å². The summed E-state index contributed by atoms with van der Waals surface area (Å²) in [5, 5.41) is 7.20. The highest BCUT2D eigenvalue weighted by molar-refractivity contribution is 5.89. The molecule has 1 unspecified atom stereocenters. The highest BCUT2D eigenvalue weighted by Gasteiger charge is 2.23. The number of likely N-dealkylation sites (tertiary alicyclic amines) is 1. The third-order valence-corrected chi connectivity index (χ3v) is 3.87. The van der Waals surface area contributed by atoms with E-state index in [9.17, 15) is 4.79 Å². The van der Waals surface area contributed by atoms with Crippen LogP contribution in [0.3, 0.4) is 0 Å². The molecular weight excluding hydrogens is 282 g/mol. The van der Waals surface area contributed by atoms with E-state index in [1.54, 1.807) is 13.3 Å². The Hall–Kier alpha value is -1.60. The van der Waals surface area contributed by atoms with Crippen molar-refractivity contribution in [1.82, 2.24) is 19.6 Å². The lowest BCUT2D eigenvalue weighted by atomic mass is 9.99. The van der Waals surface area contributed by atoms with Gasteiger partial charge in [-0.2, -0.15) is 5.10 Å². The van der Waals surface area contributed by atoms with Gasteiger partial charge in [-0.1, -0.05) is 0 Å². The number of hydrogen-bond acceptors (Lipinski definition) is 4. The van der Waals surface area contributed by atoms with Crippen LogP contribution < -0.4 is 5.32 Å². The van der Waals surface area contributed by atoms with Gasteiger partial charge in [0, 0.05) is 38.9 Å². The number of carbonyl (C=O) groups excluding carboxylic acids is 1. The van der Waals surface area contributed by atoms with E-state index >= 15 is 0 Å².